The van der Waals surface area contributed by atoms with E-state index in [9.17, 15) is 5.11 Å². The van der Waals surface area contributed by atoms with Gasteiger partial charge in [-0.05, 0) is 26.3 Å². The minimum atomic E-state index is -0.688. The van der Waals surface area contributed by atoms with Crippen molar-refractivity contribution in [1.82, 2.24) is 5.32 Å². The van der Waals surface area contributed by atoms with Crippen LogP contribution in [0.1, 0.15) is 40.2 Å². The topological polar surface area (TPSA) is 32.3 Å². The second-order valence-electron chi connectivity index (χ2n) is 6.01. The molecule has 1 rings (SSSR count). The second kappa shape index (κ2) is 5.19. The predicted octanol–water partition coefficient (Wildman–Crippen LogP) is 2.71. The lowest BCUT2D eigenvalue weighted by Gasteiger charge is -2.32. The van der Waals surface area contributed by atoms with Crippen molar-refractivity contribution in [2.24, 2.45) is 0 Å². The van der Waals surface area contributed by atoms with Gasteiger partial charge in [-0.1, -0.05) is 44.2 Å². The summed E-state index contributed by atoms with van der Waals surface area (Å²) >= 11 is 0. The van der Waals surface area contributed by atoms with Gasteiger partial charge < -0.3 is 10.4 Å². The molecular formula is C15H25NO. The molecular weight excluding hydrogens is 210 g/mol. The van der Waals surface area contributed by atoms with E-state index in [1.54, 1.807) is 0 Å². The van der Waals surface area contributed by atoms with Crippen LogP contribution >= 0.6 is 0 Å². The maximum absolute atomic E-state index is 9.89. The fourth-order valence-corrected chi connectivity index (χ4v) is 1.65. The van der Waals surface area contributed by atoms with Crippen molar-refractivity contribution < 1.29 is 5.11 Å². The Bertz CT molecular complexity index is 338. The van der Waals surface area contributed by atoms with Crippen LogP contribution in [0.15, 0.2) is 30.3 Å². The molecule has 0 aliphatic heterocycles. The molecule has 1 aromatic carbocycles. The summed E-state index contributed by atoms with van der Waals surface area (Å²) in [5, 5.41) is 13.3. The molecule has 2 N–H and O–H groups in total. The molecule has 0 heterocycles. The highest BCUT2D eigenvalue weighted by atomic mass is 16.3. The molecule has 0 bridgehead atoms. The molecule has 0 saturated heterocycles. The number of nitrogens with one attached hydrogen (secondary N) is 1. The van der Waals surface area contributed by atoms with Crippen molar-refractivity contribution >= 4 is 0 Å². The minimum absolute atomic E-state index is 0.0702. The van der Waals surface area contributed by atoms with Crippen molar-refractivity contribution in [1.29, 1.82) is 0 Å². The molecule has 1 atom stereocenters. The molecule has 1 unspecified atom stereocenters. The van der Waals surface area contributed by atoms with Gasteiger partial charge in [0.05, 0.1) is 5.60 Å². The first-order valence-electron chi connectivity index (χ1n) is 6.25. The third-order valence-corrected chi connectivity index (χ3v) is 3.47. The SMILES string of the molecule is CC(NCC(C)(C)c1ccccc1)C(C)(C)O. The standard InChI is InChI=1S/C15H25NO/c1-12(15(4,5)17)16-11-14(2,3)13-9-7-6-8-10-13/h6-10,12,16-17H,11H2,1-5H3. The number of benzene rings is 1. The van der Waals surface area contributed by atoms with Gasteiger partial charge in [0.15, 0.2) is 0 Å². The Kier molecular flexibility index (Phi) is 4.34. The van der Waals surface area contributed by atoms with Crippen molar-refractivity contribution in [2.75, 3.05) is 6.54 Å². The molecule has 17 heavy (non-hydrogen) atoms. The predicted molar refractivity (Wildman–Crippen MR) is 73.2 cm³/mol. The van der Waals surface area contributed by atoms with Crippen molar-refractivity contribution in [3.05, 3.63) is 35.9 Å². The molecule has 0 aromatic heterocycles. The molecule has 96 valence electrons. The van der Waals surface area contributed by atoms with Gasteiger partial charge in [0.1, 0.15) is 0 Å². The van der Waals surface area contributed by atoms with Gasteiger partial charge in [-0.3, -0.25) is 0 Å². The smallest absolute Gasteiger partial charge is 0.0741 e. The van der Waals surface area contributed by atoms with E-state index in [1.807, 2.05) is 26.8 Å². The summed E-state index contributed by atoms with van der Waals surface area (Å²) in [5.41, 5.74) is 0.698. The van der Waals surface area contributed by atoms with Gasteiger partial charge in [0, 0.05) is 18.0 Å². The Labute approximate surface area is 105 Å². The fraction of sp³-hybridized carbons (Fsp3) is 0.600. The zero-order valence-corrected chi connectivity index (χ0v) is 11.6. The average molecular weight is 235 g/mol. The van der Waals surface area contributed by atoms with Gasteiger partial charge in [0.25, 0.3) is 0 Å². The van der Waals surface area contributed by atoms with Gasteiger partial charge in [-0.25, -0.2) is 0 Å². The third-order valence-electron chi connectivity index (χ3n) is 3.47. The van der Waals surface area contributed by atoms with E-state index in [0.717, 1.165) is 6.54 Å². The summed E-state index contributed by atoms with van der Waals surface area (Å²) in [6.45, 7) is 11.0. The quantitative estimate of drug-likeness (QED) is 0.822. The molecule has 0 fully saturated rings. The molecule has 1 aromatic rings. The van der Waals surface area contributed by atoms with E-state index in [-0.39, 0.29) is 11.5 Å². The van der Waals surface area contributed by atoms with E-state index in [2.05, 4.69) is 43.4 Å². The third kappa shape index (κ3) is 4.14. The summed E-state index contributed by atoms with van der Waals surface area (Å²) in [4.78, 5) is 0. The van der Waals surface area contributed by atoms with Crippen LogP contribution < -0.4 is 5.32 Å². The molecule has 0 radical (unpaired) electrons. The number of hydrogen-bond donors (Lipinski definition) is 2. The van der Waals surface area contributed by atoms with E-state index in [1.165, 1.54) is 5.56 Å². The summed E-state index contributed by atoms with van der Waals surface area (Å²) < 4.78 is 0. The summed E-state index contributed by atoms with van der Waals surface area (Å²) in [6.07, 6.45) is 0. The first-order valence-corrected chi connectivity index (χ1v) is 6.25. The molecule has 0 aliphatic rings. The van der Waals surface area contributed by atoms with Crippen molar-refractivity contribution in [3.8, 4) is 0 Å². The van der Waals surface area contributed by atoms with Crippen LogP contribution in [0.3, 0.4) is 0 Å². The highest BCUT2D eigenvalue weighted by molar-refractivity contribution is 5.23. The molecule has 0 amide bonds. The zero-order chi connectivity index (χ0) is 13.1. The van der Waals surface area contributed by atoms with Crippen LogP contribution in [0, 0.1) is 0 Å². The molecule has 0 spiro atoms. The van der Waals surface area contributed by atoms with E-state index in [4.69, 9.17) is 0 Å². The van der Waals surface area contributed by atoms with E-state index in [0.29, 0.717) is 0 Å². The monoisotopic (exact) mass is 235 g/mol. The Balaban J connectivity index is 2.63. The molecule has 0 aliphatic carbocycles. The fourth-order valence-electron chi connectivity index (χ4n) is 1.65. The second-order valence-corrected chi connectivity index (χ2v) is 6.01. The van der Waals surface area contributed by atoms with Gasteiger partial charge in [-0.2, -0.15) is 0 Å². The average Bonchev–Trinajstić information content (AvgIpc) is 2.26. The summed E-state index contributed by atoms with van der Waals surface area (Å²) in [7, 11) is 0. The van der Waals surface area contributed by atoms with Crippen LogP contribution in [0.2, 0.25) is 0 Å². The van der Waals surface area contributed by atoms with Gasteiger partial charge >= 0.3 is 0 Å². The van der Waals surface area contributed by atoms with E-state index < -0.39 is 5.60 Å². The highest BCUT2D eigenvalue weighted by Crippen LogP contribution is 2.22. The lowest BCUT2D eigenvalue weighted by Crippen LogP contribution is -2.48. The van der Waals surface area contributed by atoms with Crippen molar-refractivity contribution in [3.63, 3.8) is 0 Å². The van der Waals surface area contributed by atoms with Gasteiger partial charge in [0.2, 0.25) is 0 Å². The summed E-state index contributed by atoms with van der Waals surface area (Å²) in [6, 6.07) is 10.5. The largest absolute Gasteiger partial charge is 0.389 e. The normalized spacial score (nSPS) is 14.7. The number of aliphatic hydroxyl groups is 1. The molecule has 2 nitrogen and oxygen atoms in total. The molecule has 0 saturated carbocycles. The minimum Gasteiger partial charge on any atom is -0.389 e. The van der Waals surface area contributed by atoms with E-state index >= 15 is 0 Å². The van der Waals surface area contributed by atoms with Crippen LogP contribution in [-0.4, -0.2) is 23.3 Å². The Morgan fingerprint density at radius 3 is 2.12 bits per heavy atom. The molecule has 2 heteroatoms. The lowest BCUT2D eigenvalue weighted by molar-refractivity contribution is 0.0427. The maximum atomic E-state index is 9.89. The van der Waals surface area contributed by atoms with Crippen LogP contribution in [-0.2, 0) is 5.41 Å². The Hall–Kier alpha value is -0.860. The Morgan fingerprint density at radius 1 is 1.12 bits per heavy atom. The van der Waals surface area contributed by atoms with Gasteiger partial charge in [-0.15, -0.1) is 0 Å². The van der Waals surface area contributed by atoms with Crippen molar-refractivity contribution in [2.45, 2.75) is 51.7 Å². The maximum Gasteiger partial charge on any atom is 0.0741 e. The van der Waals surface area contributed by atoms with Crippen LogP contribution in [0.25, 0.3) is 0 Å². The highest BCUT2D eigenvalue weighted by Gasteiger charge is 2.26. The first kappa shape index (κ1) is 14.2. The summed E-state index contributed by atoms with van der Waals surface area (Å²) in [5.74, 6) is 0. The number of hydrogen-bond acceptors (Lipinski definition) is 2. The zero-order valence-electron chi connectivity index (χ0n) is 11.6. The van der Waals surface area contributed by atoms with Crippen LogP contribution in [0.5, 0.6) is 0 Å². The Morgan fingerprint density at radius 2 is 1.65 bits per heavy atom. The van der Waals surface area contributed by atoms with Crippen LogP contribution in [0.4, 0.5) is 0 Å². The number of rotatable bonds is 5. The first-order chi connectivity index (χ1) is 7.73. The lowest BCUT2D eigenvalue weighted by atomic mass is 9.84.